The predicted molar refractivity (Wildman–Crippen MR) is 95.4 cm³/mol. The first kappa shape index (κ1) is 13.4. The van der Waals surface area contributed by atoms with E-state index in [1.165, 1.54) is 21.7 Å². The molecule has 24 heavy (non-hydrogen) atoms. The van der Waals surface area contributed by atoms with Gasteiger partial charge in [0.15, 0.2) is 0 Å². The van der Waals surface area contributed by atoms with Crippen LogP contribution in [0, 0.1) is 11.8 Å². The van der Waals surface area contributed by atoms with E-state index in [1.54, 1.807) is 0 Å². The lowest BCUT2D eigenvalue weighted by atomic mass is 9.63. The Morgan fingerprint density at radius 2 is 1.71 bits per heavy atom. The minimum atomic E-state index is 0.111. The molecule has 4 heteroatoms. The molecule has 0 bridgehead atoms. The van der Waals surface area contributed by atoms with Gasteiger partial charge in [-0.3, -0.25) is 4.79 Å². The van der Waals surface area contributed by atoms with Gasteiger partial charge >= 0.3 is 0 Å². The summed E-state index contributed by atoms with van der Waals surface area (Å²) in [5.74, 6) is 1.54. The fourth-order valence-electron chi connectivity index (χ4n) is 5.56. The third-order valence-electron chi connectivity index (χ3n) is 6.40. The van der Waals surface area contributed by atoms with Crippen molar-refractivity contribution in [3.63, 3.8) is 0 Å². The van der Waals surface area contributed by atoms with Crippen LogP contribution in [0.1, 0.15) is 23.0 Å². The van der Waals surface area contributed by atoms with Crippen molar-refractivity contribution in [3.05, 3.63) is 59.7 Å². The van der Waals surface area contributed by atoms with Crippen LogP contribution in [0.25, 0.3) is 0 Å². The molecular weight excluding hydrogens is 316 g/mol. The van der Waals surface area contributed by atoms with Crippen molar-refractivity contribution in [1.29, 1.82) is 0 Å². The third-order valence-corrected chi connectivity index (χ3v) is 7.89. The maximum atomic E-state index is 12.7. The van der Waals surface area contributed by atoms with Crippen LogP contribution in [0.5, 0.6) is 0 Å². The Morgan fingerprint density at radius 3 is 2.62 bits per heavy atom. The zero-order chi connectivity index (χ0) is 15.8. The molecule has 2 fully saturated rings. The normalized spacial score (nSPS) is 37.6. The molecular formula is C20H18N2OS. The second-order valence-electron chi connectivity index (χ2n) is 7.36. The third kappa shape index (κ3) is 1.53. The van der Waals surface area contributed by atoms with Crippen LogP contribution in [-0.4, -0.2) is 23.7 Å². The molecule has 0 spiro atoms. The van der Waals surface area contributed by atoms with E-state index in [0.29, 0.717) is 29.0 Å². The molecule has 3 aliphatic heterocycles. The maximum absolute atomic E-state index is 12.7. The lowest BCUT2D eigenvalue weighted by Crippen LogP contribution is -2.48. The van der Waals surface area contributed by atoms with Crippen molar-refractivity contribution in [3.8, 4) is 0 Å². The molecule has 1 saturated carbocycles. The van der Waals surface area contributed by atoms with Gasteiger partial charge in [-0.05, 0) is 29.2 Å². The topological polar surface area (TPSA) is 41.1 Å². The molecule has 0 radical (unpaired) electrons. The average molecular weight is 334 g/mol. The van der Waals surface area contributed by atoms with Crippen molar-refractivity contribution in [2.75, 3.05) is 11.9 Å². The first-order valence-electron chi connectivity index (χ1n) is 8.72. The lowest BCUT2D eigenvalue weighted by Gasteiger charge is -2.43. The minimum Gasteiger partial charge on any atom is -0.380 e. The molecule has 6 rings (SSSR count). The Labute approximate surface area is 145 Å². The van der Waals surface area contributed by atoms with E-state index in [9.17, 15) is 4.79 Å². The summed E-state index contributed by atoms with van der Waals surface area (Å²) < 4.78 is 0. The largest absolute Gasteiger partial charge is 0.380 e. The molecule has 6 unspecified atom stereocenters. The van der Waals surface area contributed by atoms with Crippen LogP contribution in [0.3, 0.4) is 0 Å². The molecule has 4 aliphatic rings. The fourth-order valence-corrected chi connectivity index (χ4v) is 7.19. The zero-order valence-electron chi connectivity index (χ0n) is 13.1. The van der Waals surface area contributed by atoms with Gasteiger partial charge in [-0.1, -0.05) is 36.4 Å². The highest BCUT2D eigenvalue weighted by molar-refractivity contribution is 8.00. The Morgan fingerprint density at radius 1 is 0.917 bits per heavy atom. The molecule has 3 heterocycles. The van der Waals surface area contributed by atoms with Crippen LogP contribution in [-0.2, 0) is 4.79 Å². The molecule has 0 aromatic heterocycles. The van der Waals surface area contributed by atoms with E-state index in [4.69, 9.17) is 0 Å². The van der Waals surface area contributed by atoms with Crippen molar-refractivity contribution in [2.45, 2.75) is 28.0 Å². The van der Waals surface area contributed by atoms with E-state index in [0.717, 1.165) is 6.54 Å². The van der Waals surface area contributed by atoms with E-state index in [1.807, 2.05) is 11.8 Å². The molecule has 2 N–H and O–H groups in total. The van der Waals surface area contributed by atoms with Crippen LogP contribution < -0.4 is 10.6 Å². The number of rotatable bonds is 0. The molecule has 1 amide bonds. The number of para-hydroxylation sites is 1. The van der Waals surface area contributed by atoms with E-state index >= 15 is 0 Å². The SMILES string of the molecule is O=C1NCC2C1C1c3ccccc3SC1C1Nc3ccccc3C21. The molecule has 2 aromatic carbocycles. The average Bonchev–Trinajstić information content (AvgIpc) is 3.27. The van der Waals surface area contributed by atoms with Gasteiger partial charge in [0.25, 0.3) is 0 Å². The van der Waals surface area contributed by atoms with E-state index in [-0.39, 0.29) is 11.8 Å². The van der Waals surface area contributed by atoms with Crippen LogP contribution in [0.4, 0.5) is 5.69 Å². The summed E-state index contributed by atoms with van der Waals surface area (Å²) in [4.78, 5) is 14.1. The smallest absolute Gasteiger partial charge is 0.224 e. The second-order valence-corrected chi connectivity index (χ2v) is 8.58. The Bertz CT molecular complexity index is 866. The number of carbonyl (C=O) groups is 1. The zero-order valence-corrected chi connectivity index (χ0v) is 13.9. The number of thioether (sulfide) groups is 1. The fraction of sp³-hybridized carbons (Fsp3) is 0.350. The van der Waals surface area contributed by atoms with Gasteiger partial charge < -0.3 is 10.6 Å². The quantitative estimate of drug-likeness (QED) is 0.777. The summed E-state index contributed by atoms with van der Waals surface area (Å²) in [6, 6.07) is 17.8. The number of hydrogen-bond acceptors (Lipinski definition) is 3. The molecule has 1 saturated heterocycles. The van der Waals surface area contributed by atoms with Gasteiger partial charge in [0, 0.05) is 40.3 Å². The summed E-state index contributed by atoms with van der Waals surface area (Å²) in [6.45, 7) is 0.816. The van der Waals surface area contributed by atoms with Crippen LogP contribution in [0.2, 0.25) is 0 Å². The van der Waals surface area contributed by atoms with Crippen molar-refractivity contribution in [2.24, 2.45) is 11.8 Å². The van der Waals surface area contributed by atoms with Crippen molar-refractivity contribution >= 4 is 23.4 Å². The summed E-state index contributed by atoms with van der Waals surface area (Å²) in [5.41, 5.74) is 4.06. The van der Waals surface area contributed by atoms with Crippen LogP contribution in [0.15, 0.2) is 53.4 Å². The van der Waals surface area contributed by atoms with Crippen molar-refractivity contribution < 1.29 is 4.79 Å². The number of hydrogen-bond donors (Lipinski definition) is 2. The first-order valence-corrected chi connectivity index (χ1v) is 9.59. The number of amides is 1. The molecule has 1 aliphatic carbocycles. The number of benzene rings is 2. The number of anilines is 1. The maximum Gasteiger partial charge on any atom is 0.224 e. The van der Waals surface area contributed by atoms with Gasteiger partial charge in [0.1, 0.15) is 0 Å². The van der Waals surface area contributed by atoms with Gasteiger partial charge in [-0.25, -0.2) is 0 Å². The first-order chi connectivity index (χ1) is 11.8. The summed E-state index contributed by atoms with van der Waals surface area (Å²) >= 11 is 1.98. The molecule has 3 nitrogen and oxygen atoms in total. The highest BCUT2D eigenvalue weighted by Gasteiger charge is 2.60. The molecule has 120 valence electrons. The highest BCUT2D eigenvalue weighted by Crippen LogP contribution is 2.62. The lowest BCUT2D eigenvalue weighted by molar-refractivity contribution is -0.124. The minimum absolute atomic E-state index is 0.111. The van der Waals surface area contributed by atoms with Gasteiger partial charge in [0.05, 0.1) is 5.92 Å². The Balaban J connectivity index is 1.54. The number of fused-ring (bicyclic) bond motifs is 10. The van der Waals surface area contributed by atoms with Gasteiger partial charge in [-0.15, -0.1) is 11.8 Å². The monoisotopic (exact) mass is 334 g/mol. The number of nitrogens with one attached hydrogen (secondary N) is 2. The summed E-state index contributed by atoms with van der Waals surface area (Å²) in [6.07, 6.45) is 0. The molecule has 2 aromatic rings. The summed E-state index contributed by atoms with van der Waals surface area (Å²) in [7, 11) is 0. The van der Waals surface area contributed by atoms with E-state index in [2.05, 4.69) is 59.2 Å². The Hall–Kier alpha value is -1.94. The predicted octanol–water partition coefficient (Wildman–Crippen LogP) is 3.20. The summed E-state index contributed by atoms with van der Waals surface area (Å²) in [5, 5.41) is 7.42. The van der Waals surface area contributed by atoms with Gasteiger partial charge in [0.2, 0.25) is 5.91 Å². The number of carbonyl (C=O) groups excluding carboxylic acids is 1. The van der Waals surface area contributed by atoms with Crippen LogP contribution >= 0.6 is 11.8 Å². The second kappa shape index (κ2) is 4.57. The van der Waals surface area contributed by atoms with E-state index < -0.39 is 0 Å². The van der Waals surface area contributed by atoms with Crippen molar-refractivity contribution in [1.82, 2.24) is 5.32 Å². The molecule has 6 atom stereocenters. The van der Waals surface area contributed by atoms with Gasteiger partial charge in [-0.2, -0.15) is 0 Å². The standard InChI is InChI=1S/C20H18N2OS/c23-20-17-12(9-21-20)15-10-5-1-3-7-13(10)22-18(15)19-16(17)11-6-2-4-8-14(11)24-19/h1-8,12,15-19,22H,9H2,(H,21,23). The Kier molecular flexibility index (Phi) is 2.54. The highest BCUT2D eigenvalue weighted by atomic mass is 32.2.